The van der Waals surface area contributed by atoms with E-state index < -0.39 is 0 Å². The molecule has 0 radical (unpaired) electrons. The zero-order valence-electron chi connectivity index (χ0n) is 19.4. The minimum Gasteiger partial charge on any atom is -0.494 e. The van der Waals surface area contributed by atoms with Crippen molar-refractivity contribution in [3.8, 4) is 5.75 Å². The normalized spacial score (nSPS) is 15.4. The molecule has 1 aromatic heterocycles. The summed E-state index contributed by atoms with van der Waals surface area (Å²) >= 11 is 13.8. The number of thiocarbonyl (C=S) groups is 1. The number of thiazole rings is 1. The molecule has 0 bridgehead atoms. The first-order chi connectivity index (χ1) is 16.1. The van der Waals surface area contributed by atoms with Crippen LogP contribution in [0.15, 0.2) is 42.5 Å². The number of halogens is 1. The van der Waals surface area contributed by atoms with Gasteiger partial charge in [-0.3, -0.25) is 0 Å². The highest BCUT2D eigenvalue weighted by Crippen LogP contribution is 2.34. The first-order valence-corrected chi connectivity index (χ1v) is 13.5. The van der Waals surface area contributed by atoms with Gasteiger partial charge in [-0.1, -0.05) is 73.5 Å². The number of anilines is 1. The maximum atomic E-state index is 6.14. The van der Waals surface area contributed by atoms with Crippen molar-refractivity contribution >= 4 is 55.5 Å². The Kier molecular flexibility index (Phi) is 8.45. The third-order valence-corrected chi connectivity index (χ3v) is 7.89. The molecule has 4 nitrogen and oxygen atoms in total. The van der Waals surface area contributed by atoms with Gasteiger partial charge in [-0.15, -0.1) is 0 Å². The minimum atomic E-state index is 0.0736. The SMILES string of the molecule is CCOc1ccc2nc(N(Cc3ccc(Cl)cc3)C(CC)C(=S)NC3CCCCC3)sc2c1. The number of fused-ring (bicyclic) bond motifs is 1. The molecule has 1 aliphatic rings. The molecule has 1 fully saturated rings. The molecule has 1 N–H and O–H groups in total. The molecule has 33 heavy (non-hydrogen) atoms. The summed E-state index contributed by atoms with van der Waals surface area (Å²) in [5.74, 6) is 0.881. The molecule has 1 aliphatic carbocycles. The van der Waals surface area contributed by atoms with Crippen LogP contribution in [0, 0.1) is 0 Å². The van der Waals surface area contributed by atoms with Gasteiger partial charge in [0.1, 0.15) is 5.75 Å². The molecule has 3 aromatic rings. The van der Waals surface area contributed by atoms with Gasteiger partial charge in [0.05, 0.1) is 27.9 Å². The number of hydrogen-bond acceptors (Lipinski definition) is 5. The molecule has 2 aromatic carbocycles. The van der Waals surface area contributed by atoms with E-state index in [-0.39, 0.29) is 6.04 Å². The number of benzene rings is 2. The fourth-order valence-corrected chi connectivity index (χ4v) is 6.09. The van der Waals surface area contributed by atoms with Crippen LogP contribution in [0.1, 0.15) is 57.9 Å². The predicted octanol–water partition coefficient (Wildman–Crippen LogP) is 7.38. The zero-order valence-corrected chi connectivity index (χ0v) is 21.7. The van der Waals surface area contributed by atoms with Gasteiger partial charge in [0.15, 0.2) is 5.13 Å². The summed E-state index contributed by atoms with van der Waals surface area (Å²) in [6.45, 7) is 5.58. The van der Waals surface area contributed by atoms with Gasteiger partial charge in [0.25, 0.3) is 0 Å². The van der Waals surface area contributed by atoms with Crippen molar-refractivity contribution in [2.75, 3.05) is 11.5 Å². The summed E-state index contributed by atoms with van der Waals surface area (Å²) in [4.78, 5) is 8.28. The van der Waals surface area contributed by atoms with Crippen LogP contribution in [0.3, 0.4) is 0 Å². The highest BCUT2D eigenvalue weighted by molar-refractivity contribution is 7.80. The quantitative estimate of drug-likeness (QED) is 0.309. The first kappa shape index (κ1) is 24.2. The number of aromatic nitrogens is 1. The fourth-order valence-electron chi connectivity index (χ4n) is 4.46. The Balaban J connectivity index is 1.64. The molecule has 0 saturated heterocycles. The summed E-state index contributed by atoms with van der Waals surface area (Å²) in [6, 6.07) is 14.7. The van der Waals surface area contributed by atoms with Crippen LogP contribution < -0.4 is 15.0 Å². The van der Waals surface area contributed by atoms with Crippen LogP contribution in [0.25, 0.3) is 10.2 Å². The van der Waals surface area contributed by atoms with Crippen molar-refractivity contribution in [1.29, 1.82) is 0 Å². The minimum absolute atomic E-state index is 0.0736. The summed E-state index contributed by atoms with van der Waals surface area (Å²) in [5.41, 5.74) is 2.17. The van der Waals surface area contributed by atoms with Crippen LogP contribution >= 0.6 is 35.2 Å². The average molecular weight is 502 g/mol. The molecular weight excluding hydrogens is 470 g/mol. The van der Waals surface area contributed by atoms with Gasteiger partial charge in [-0.2, -0.15) is 0 Å². The van der Waals surface area contributed by atoms with Crippen LogP contribution in [0.5, 0.6) is 5.75 Å². The van der Waals surface area contributed by atoms with Crippen molar-refractivity contribution in [3.63, 3.8) is 0 Å². The van der Waals surface area contributed by atoms with E-state index in [9.17, 15) is 0 Å². The number of rotatable bonds is 9. The molecule has 1 heterocycles. The van der Waals surface area contributed by atoms with Gasteiger partial charge < -0.3 is 15.0 Å². The topological polar surface area (TPSA) is 37.4 Å². The lowest BCUT2D eigenvalue weighted by Crippen LogP contribution is -2.49. The van der Waals surface area contributed by atoms with E-state index in [0.29, 0.717) is 12.6 Å². The third-order valence-electron chi connectivity index (χ3n) is 6.19. The Bertz CT molecular complexity index is 1060. The summed E-state index contributed by atoms with van der Waals surface area (Å²) in [7, 11) is 0. The van der Waals surface area contributed by atoms with E-state index in [1.54, 1.807) is 11.3 Å². The van der Waals surface area contributed by atoms with Crippen molar-refractivity contribution in [1.82, 2.24) is 10.3 Å². The van der Waals surface area contributed by atoms with Crippen molar-refractivity contribution < 1.29 is 4.74 Å². The lowest BCUT2D eigenvalue weighted by molar-refractivity contribution is 0.341. The molecule has 0 spiro atoms. The van der Waals surface area contributed by atoms with Crippen molar-refractivity contribution in [2.24, 2.45) is 0 Å². The summed E-state index contributed by atoms with van der Waals surface area (Å²) in [6.07, 6.45) is 7.22. The Morgan fingerprint density at radius 3 is 2.64 bits per heavy atom. The Morgan fingerprint density at radius 1 is 1.18 bits per heavy atom. The van der Waals surface area contributed by atoms with Gasteiger partial charge in [0, 0.05) is 17.6 Å². The van der Waals surface area contributed by atoms with Gasteiger partial charge in [0.2, 0.25) is 0 Å². The van der Waals surface area contributed by atoms with Crippen LogP contribution in [0.2, 0.25) is 5.02 Å². The maximum absolute atomic E-state index is 6.14. The van der Waals surface area contributed by atoms with E-state index in [2.05, 4.69) is 35.3 Å². The number of hydrogen-bond donors (Lipinski definition) is 1. The average Bonchev–Trinajstić information content (AvgIpc) is 3.24. The largest absolute Gasteiger partial charge is 0.494 e. The van der Waals surface area contributed by atoms with E-state index in [1.165, 1.54) is 37.7 Å². The highest BCUT2D eigenvalue weighted by Gasteiger charge is 2.27. The summed E-state index contributed by atoms with van der Waals surface area (Å²) < 4.78 is 6.83. The van der Waals surface area contributed by atoms with Gasteiger partial charge >= 0.3 is 0 Å². The lowest BCUT2D eigenvalue weighted by atomic mass is 9.95. The monoisotopic (exact) mass is 501 g/mol. The Hall–Kier alpha value is -1.89. The first-order valence-electron chi connectivity index (χ1n) is 11.9. The Labute approximate surface area is 211 Å². The molecule has 1 saturated carbocycles. The number of nitrogens with one attached hydrogen (secondary N) is 1. The molecule has 7 heteroatoms. The fraction of sp³-hybridized carbons (Fsp3) is 0.462. The van der Waals surface area contributed by atoms with Crippen LogP contribution in [-0.4, -0.2) is 28.7 Å². The molecule has 0 aliphatic heterocycles. The number of nitrogens with zero attached hydrogens (tertiary/aromatic N) is 2. The zero-order chi connectivity index (χ0) is 23.2. The lowest BCUT2D eigenvalue weighted by Gasteiger charge is -2.34. The molecule has 4 rings (SSSR count). The second kappa shape index (κ2) is 11.5. The van der Waals surface area contributed by atoms with Crippen molar-refractivity contribution in [2.45, 2.75) is 71.0 Å². The molecular formula is C26H32ClN3OS2. The van der Waals surface area contributed by atoms with E-state index in [1.807, 2.05) is 31.2 Å². The van der Waals surface area contributed by atoms with Gasteiger partial charge in [-0.25, -0.2) is 4.98 Å². The predicted molar refractivity (Wildman–Crippen MR) is 145 cm³/mol. The molecule has 176 valence electrons. The molecule has 1 unspecified atom stereocenters. The van der Waals surface area contributed by atoms with E-state index in [4.69, 9.17) is 33.5 Å². The Morgan fingerprint density at radius 2 is 1.94 bits per heavy atom. The molecule has 1 atom stereocenters. The smallest absolute Gasteiger partial charge is 0.187 e. The third kappa shape index (κ3) is 6.17. The summed E-state index contributed by atoms with van der Waals surface area (Å²) in [5, 5.41) is 5.43. The number of ether oxygens (including phenoxy) is 1. The highest BCUT2D eigenvalue weighted by atomic mass is 35.5. The van der Waals surface area contributed by atoms with E-state index in [0.717, 1.165) is 44.1 Å². The maximum Gasteiger partial charge on any atom is 0.187 e. The van der Waals surface area contributed by atoms with Crippen molar-refractivity contribution in [3.05, 3.63) is 53.1 Å². The standard InChI is InChI=1S/C26H32ClN3OS2/c1-3-23(25(32)28-20-8-6-5-7-9-20)30(17-18-10-12-19(27)13-11-18)26-29-22-15-14-21(31-4-2)16-24(22)33-26/h10-16,20,23H,3-9,17H2,1-2H3,(H,28,32). The van der Waals surface area contributed by atoms with Gasteiger partial charge in [-0.05, 0) is 62.1 Å². The second-order valence-corrected chi connectivity index (χ2v) is 10.5. The second-order valence-electron chi connectivity index (χ2n) is 8.58. The molecule has 0 amide bonds. The van der Waals surface area contributed by atoms with E-state index >= 15 is 0 Å². The van der Waals surface area contributed by atoms with Crippen LogP contribution in [-0.2, 0) is 6.54 Å². The van der Waals surface area contributed by atoms with Crippen LogP contribution in [0.4, 0.5) is 5.13 Å².